The summed E-state index contributed by atoms with van der Waals surface area (Å²) < 4.78 is 42.9. The Morgan fingerprint density at radius 3 is 2.40 bits per heavy atom. The summed E-state index contributed by atoms with van der Waals surface area (Å²) >= 11 is 0. The highest BCUT2D eigenvalue weighted by atomic mass is 32.2. The number of hydrogen-bond acceptors (Lipinski definition) is 6. The van der Waals surface area contributed by atoms with Crippen LogP contribution in [0.1, 0.15) is 65.3 Å². The monoisotopic (exact) mass is 589 g/mol. The van der Waals surface area contributed by atoms with E-state index in [1.807, 2.05) is 36.4 Å². The van der Waals surface area contributed by atoms with Crippen LogP contribution >= 0.6 is 0 Å². The number of phenolic OH excluding ortho intramolecular Hbond substituents is 1. The summed E-state index contributed by atoms with van der Waals surface area (Å²) in [6.07, 6.45) is 2.91. The van der Waals surface area contributed by atoms with Crippen LogP contribution in [0.5, 0.6) is 11.5 Å². The van der Waals surface area contributed by atoms with Gasteiger partial charge in [0.15, 0.2) is 5.96 Å². The van der Waals surface area contributed by atoms with Gasteiger partial charge in [0, 0.05) is 11.5 Å². The SMILES string of the molecule is NC(N)=N[C@H]1Oc2ccc(cc2)CC[C@@H](S(=O)(=O)O)[C@@H]2C=C([C@@H](O)c3ccc(O)cc3)C[C@H]3CCc4cc1ccc4[C@H]32. The third-order valence-corrected chi connectivity index (χ3v) is 10.3. The Kier molecular flexibility index (Phi) is 7.46. The van der Waals surface area contributed by atoms with E-state index in [0.717, 1.165) is 40.7 Å². The normalized spacial score (nSPS) is 25.9. The minimum atomic E-state index is -4.46. The molecule has 0 unspecified atom stereocenters. The first kappa shape index (κ1) is 28.3. The highest BCUT2D eigenvalue weighted by Crippen LogP contribution is 2.52. The zero-order valence-corrected chi connectivity index (χ0v) is 23.8. The van der Waals surface area contributed by atoms with Crippen LogP contribution in [0, 0.1) is 11.8 Å². The highest BCUT2D eigenvalue weighted by Gasteiger charge is 2.45. The molecule has 0 saturated heterocycles. The van der Waals surface area contributed by atoms with Crippen molar-refractivity contribution >= 4 is 16.1 Å². The summed E-state index contributed by atoms with van der Waals surface area (Å²) in [5.74, 6) is -0.124. The van der Waals surface area contributed by atoms with E-state index >= 15 is 0 Å². The Hall–Kier alpha value is -3.86. The highest BCUT2D eigenvalue weighted by molar-refractivity contribution is 7.86. The van der Waals surface area contributed by atoms with E-state index < -0.39 is 33.6 Å². The van der Waals surface area contributed by atoms with Crippen LogP contribution in [0.3, 0.4) is 0 Å². The van der Waals surface area contributed by atoms with Crippen molar-refractivity contribution in [3.05, 3.63) is 106 Å². The first-order valence-electron chi connectivity index (χ1n) is 14.2. The molecule has 10 heteroatoms. The summed E-state index contributed by atoms with van der Waals surface area (Å²) in [6, 6.07) is 19.7. The van der Waals surface area contributed by atoms with Crippen LogP contribution < -0.4 is 16.2 Å². The zero-order valence-electron chi connectivity index (χ0n) is 23.0. The number of nitrogens with two attached hydrogens (primary N) is 2. The number of hydrogen-bond donors (Lipinski definition) is 5. The van der Waals surface area contributed by atoms with Gasteiger partial charge in [-0.3, -0.25) is 4.55 Å². The standard InChI is InChI=1S/C32H35N3O6S/c33-32(34)35-31-22-8-13-26-20(15-22)4-5-21-16-23(30(37)19-6-9-24(36)10-7-19)17-27(29(21)26)28(42(38,39)40)14-3-18-1-11-25(41-31)12-2-18/h1-2,6-13,15,17,21,27-31,36-37H,3-5,14,16H2,(H4,33,34,35)(H,38,39,40)/t21-,27+,28-,29+,30+,31+/m1/s1. The van der Waals surface area contributed by atoms with Crippen molar-refractivity contribution in [3.8, 4) is 11.5 Å². The second kappa shape index (κ2) is 11.1. The number of ether oxygens (including phenoxy) is 1. The third-order valence-electron chi connectivity index (χ3n) is 8.95. The number of aromatic hydroxyl groups is 1. The minimum absolute atomic E-state index is 0.0589. The molecule has 6 atom stereocenters. The Balaban J connectivity index is 1.51. The molecule has 0 fully saturated rings. The van der Waals surface area contributed by atoms with E-state index in [-0.39, 0.29) is 30.0 Å². The second-order valence-corrected chi connectivity index (χ2v) is 13.2. The number of allylic oxidation sites excluding steroid dienone is 1. The molecule has 3 aromatic rings. The Morgan fingerprint density at radius 2 is 1.71 bits per heavy atom. The lowest BCUT2D eigenvalue weighted by atomic mass is 9.62. The average Bonchev–Trinajstić information content (AvgIpc) is 2.96. The first-order valence-corrected chi connectivity index (χ1v) is 15.7. The minimum Gasteiger partial charge on any atom is -0.508 e. The lowest BCUT2D eigenvalue weighted by Gasteiger charge is -2.44. The van der Waals surface area contributed by atoms with E-state index in [1.165, 1.54) is 12.1 Å². The topological polar surface area (TPSA) is 168 Å². The van der Waals surface area contributed by atoms with Gasteiger partial charge in [0.25, 0.3) is 10.1 Å². The van der Waals surface area contributed by atoms with E-state index in [0.29, 0.717) is 24.2 Å². The van der Waals surface area contributed by atoms with Crippen LogP contribution in [-0.2, 0) is 23.0 Å². The average molecular weight is 590 g/mol. The fraction of sp³-hybridized carbons (Fsp3) is 0.344. The summed E-state index contributed by atoms with van der Waals surface area (Å²) in [5, 5.41) is 20.1. The maximum Gasteiger partial charge on any atom is 0.268 e. The van der Waals surface area contributed by atoms with Gasteiger partial charge in [0.05, 0.1) is 5.25 Å². The maximum absolute atomic E-state index is 13.1. The van der Waals surface area contributed by atoms with Crippen molar-refractivity contribution < 1.29 is 27.9 Å². The number of phenols is 1. The fourth-order valence-corrected chi connectivity index (χ4v) is 8.06. The van der Waals surface area contributed by atoms with Crippen LogP contribution in [0.4, 0.5) is 0 Å². The molecule has 9 rings (SSSR count). The van der Waals surface area contributed by atoms with Gasteiger partial charge in [-0.15, -0.1) is 0 Å². The molecule has 0 radical (unpaired) electrons. The summed E-state index contributed by atoms with van der Waals surface area (Å²) in [5.41, 5.74) is 16.6. The molecule has 6 aliphatic rings. The fourth-order valence-electron chi connectivity index (χ4n) is 7.00. The third kappa shape index (κ3) is 5.62. The van der Waals surface area contributed by atoms with Gasteiger partial charge in [-0.05, 0) is 102 Å². The lowest BCUT2D eigenvalue weighted by Crippen LogP contribution is -2.40. The number of aliphatic hydroxyl groups is 1. The largest absolute Gasteiger partial charge is 0.508 e. The van der Waals surface area contributed by atoms with Crippen molar-refractivity contribution in [2.75, 3.05) is 0 Å². The predicted octanol–water partition coefficient (Wildman–Crippen LogP) is 4.27. The van der Waals surface area contributed by atoms with Gasteiger partial charge < -0.3 is 26.4 Å². The summed E-state index contributed by atoms with van der Waals surface area (Å²) in [7, 11) is -4.46. The second-order valence-electron chi connectivity index (χ2n) is 11.6. The van der Waals surface area contributed by atoms with E-state index in [9.17, 15) is 23.2 Å². The molecule has 9 nitrogen and oxygen atoms in total. The molecular formula is C32H35N3O6S. The molecule has 0 aromatic heterocycles. The molecule has 7 N–H and O–H groups in total. The maximum atomic E-state index is 13.1. The van der Waals surface area contributed by atoms with E-state index in [2.05, 4.69) is 4.99 Å². The number of nitrogens with zero attached hydrogens (tertiary/aromatic N) is 1. The molecule has 6 bridgehead atoms. The molecule has 2 aliphatic carbocycles. The first-order chi connectivity index (χ1) is 20.1. The van der Waals surface area contributed by atoms with Gasteiger partial charge in [0.2, 0.25) is 6.23 Å². The quantitative estimate of drug-likeness (QED) is 0.130. The molecule has 3 aromatic carbocycles. The Labute approximate surface area is 245 Å². The number of guanidine groups is 1. The van der Waals surface area contributed by atoms with Crippen molar-refractivity contribution in [3.63, 3.8) is 0 Å². The van der Waals surface area contributed by atoms with Gasteiger partial charge in [-0.1, -0.05) is 42.5 Å². The van der Waals surface area contributed by atoms with Crippen LogP contribution in [0.2, 0.25) is 0 Å². The lowest BCUT2D eigenvalue weighted by molar-refractivity contribution is 0.184. The summed E-state index contributed by atoms with van der Waals surface area (Å²) in [4.78, 5) is 4.34. The van der Waals surface area contributed by atoms with Crippen LogP contribution in [-0.4, -0.2) is 34.4 Å². The van der Waals surface area contributed by atoms with Crippen molar-refractivity contribution in [1.29, 1.82) is 0 Å². The number of aliphatic hydroxyl groups excluding tert-OH is 1. The predicted molar refractivity (Wildman–Crippen MR) is 160 cm³/mol. The van der Waals surface area contributed by atoms with Crippen LogP contribution in [0.25, 0.3) is 0 Å². The molecular weight excluding hydrogens is 554 g/mol. The van der Waals surface area contributed by atoms with Gasteiger partial charge in [-0.2, -0.15) is 8.42 Å². The van der Waals surface area contributed by atoms with Gasteiger partial charge in [0.1, 0.15) is 17.6 Å². The van der Waals surface area contributed by atoms with Crippen LogP contribution in [0.15, 0.2) is 83.4 Å². The molecule has 0 spiro atoms. The summed E-state index contributed by atoms with van der Waals surface area (Å²) in [6.45, 7) is 0. The van der Waals surface area contributed by atoms with E-state index in [1.54, 1.807) is 24.3 Å². The van der Waals surface area contributed by atoms with Crippen molar-refractivity contribution in [2.45, 2.75) is 55.6 Å². The number of aryl methyl sites for hydroxylation is 2. The van der Waals surface area contributed by atoms with Gasteiger partial charge in [-0.25, -0.2) is 4.99 Å². The number of benzene rings is 3. The zero-order chi connectivity index (χ0) is 29.6. The van der Waals surface area contributed by atoms with Crippen molar-refractivity contribution in [1.82, 2.24) is 0 Å². The molecule has 220 valence electrons. The number of aliphatic imine (C=N–C) groups is 1. The Morgan fingerprint density at radius 1 is 0.976 bits per heavy atom. The molecule has 4 heterocycles. The van der Waals surface area contributed by atoms with E-state index in [4.69, 9.17) is 16.2 Å². The molecule has 0 saturated carbocycles. The molecule has 42 heavy (non-hydrogen) atoms. The number of rotatable bonds is 4. The molecule has 0 amide bonds. The van der Waals surface area contributed by atoms with Crippen molar-refractivity contribution in [2.24, 2.45) is 28.3 Å². The van der Waals surface area contributed by atoms with Gasteiger partial charge >= 0.3 is 0 Å². The Bertz CT molecular complexity index is 1630. The smallest absolute Gasteiger partial charge is 0.268 e. The molecule has 4 aliphatic heterocycles.